The van der Waals surface area contributed by atoms with Gasteiger partial charge in [-0.1, -0.05) is 37.3 Å². The lowest BCUT2D eigenvalue weighted by atomic mass is 9.96. The van der Waals surface area contributed by atoms with E-state index in [1.54, 1.807) is 0 Å². The third kappa shape index (κ3) is 4.35. The Bertz CT molecular complexity index is 640. The number of amides is 1. The first-order valence-electron chi connectivity index (χ1n) is 10.3. The van der Waals surface area contributed by atoms with Gasteiger partial charge in [-0.15, -0.1) is 0 Å². The average Bonchev–Trinajstić information content (AvgIpc) is 3.03. The van der Waals surface area contributed by atoms with Crippen LogP contribution in [0.3, 0.4) is 0 Å². The molecule has 2 unspecified atom stereocenters. The molecule has 4 rings (SSSR count). The lowest BCUT2D eigenvalue weighted by Crippen LogP contribution is -2.69. The summed E-state index contributed by atoms with van der Waals surface area (Å²) >= 11 is 0. The minimum Gasteiger partial charge on any atom is -0.376 e. The first-order valence-corrected chi connectivity index (χ1v) is 10.3. The van der Waals surface area contributed by atoms with Crippen LogP contribution in [0.5, 0.6) is 0 Å². The van der Waals surface area contributed by atoms with Crippen LogP contribution in [-0.4, -0.2) is 66.5 Å². The topological polar surface area (TPSA) is 56.8 Å². The summed E-state index contributed by atoms with van der Waals surface area (Å²) in [5.74, 6) is 0.758. The fourth-order valence-electron chi connectivity index (χ4n) is 4.74. The van der Waals surface area contributed by atoms with Crippen LogP contribution in [0.2, 0.25) is 0 Å². The molecule has 1 aromatic carbocycles. The van der Waals surface area contributed by atoms with E-state index in [1.165, 1.54) is 12.0 Å². The van der Waals surface area contributed by atoms with Crippen LogP contribution in [-0.2, 0) is 16.0 Å². The zero-order valence-electron chi connectivity index (χ0n) is 16.4. The highest BCUT2D eigenvalue weighted by Gasteiger charge is 2.40. The van der Waals surface area contributed by atoms with Gasteiger partial charge in [-0.3, -0.25) is 19.9 Å². The second kappa shape index (κ2) is 8.27. The minimum atomic E-state index is -0.0898. The van der Waals surface area contributed by atoms with Gasteiger partial charge in [0.15, 0.2) is 0 Å². The third-order valence-corrected chi connectivity index (χ3v) is 6.28. The van der Waals surface area contributed by atoms with Gasteiger partial charge in [-0.05, 0) is 31.2 Å². The second-order valence-corrected chi connectivity index (χ2v) is 8.29. The summed E-state index contributed by atoms with van der Waals surface area (Å²) in [6, 6.07) is 11.1. The summed E-state index contributed by atoms with van der Waals surface area (Å²) in [6.45, 7) is 7.95. The van der Waals surface area contributed by atoms with Crippen molar-refractivity contribution in [1.29, 1.82) is 0 Å². The number of carbonyl (C=O) groups excluding carboxylic acids is 1. The summed E-state index contributed by atoms with van der Waals surface area (Å²) in [6.07, 6.45) is 2.92. The monoisotopic (exact) mass is 372 g/mol. The summed E-state index contributed by atoms with van der Waals surface area (Å²) in [7, 11) is 0. The van der Waals surface area contributed by atoms with E-state index in [9.17, 15) is 4.79 Å². The number of hydrogen-bond donors (Lipinski definition) is 2. The normalized spacial score (nSPS) is 35.9. The summed E-state index contributed by atoms with van der Waals surface area (Å²) < 4.78 is 5.67. The molecular formula is C21H32N4O2. The maximum absolute atomic E-state index is 12.5. The number of benzene rings is 1. The van der Waals surface area contributed by atoms with Crippen molar-refractivity contribution in [2.45, 2.75) is 57.7 Å². The third-order valence-electron chi connectivity index (χ3n) is 6.28. The molecule has 6 heteroatoms. The van der Waals surface area contributed by atoms with E-state index < -0.39 is 0 Å². The molecule has 3 heterocycles. The molecule has 3 saturated heterocycles. The molecule has 0 aliphatic carbocycles. The van der Waals surface area contributed by atoms with Crippen molar-refractivity contribution in [2.75, 3.05) is 26.2 Å². The Hall–Kier alpha value is -1.47. The smallest absolute Gasteiger partial charge is 0.225 e. The molecule has 1 amide bonds. The van der Waals surface area contributed by atoms with Crippen LogP contribution in [0, 0.1) is 5.92 Å². The lowest BCUT2D eigenvalue weighted by Gasteiger charge is -2.45. The van der Waals surface area contributed by atoms with E-state index in [4.69, 9.17) is 4.74 Å². The highest BCUT2D eigenvalue weighted by molar-refractivity contribution is 5.77. The Labute approximate surface area is 162 Å². The standard InChI is InChI=1S/C21H32N4O2/c1-15-8-9-25(18(15)12-17-6-4-3-5-7-17)21-22-19(13-20(26)23-21)24-10-11-27-16(2)14-24/h3-7,15-16,18-19,21-22H,8-14H2,1-2H3,(H,23,26)/t15-,16-,18+,19?,21?/m1/s1. The average molecular weight is 373 g/mol. The highest BCUT2D eigenvalue weighted by atomic mass is 16.5. The number of morpholine rings is 1. The van der Waals surface area contributed by atoms with Gasteiger partial charge in [0.05, 0.1) is 25.3 Å². The molecule has 0 radical (unpaired) electrons. The summed E-state index contributed by atoms with van der Waals surface area (Å²) in [5.41, 5.74) is 1.36. The van der Waals surface area contributed by atoms with Crippen LogP contribution in [0.4, 0.5) is 0 Å². The van der Waals surface area contributed by atoms with E-state index in [0.29, 0.717) is 18.4 Å². The number of ether oxygens (including phenoxy) is 1. The van der Waals surface area contributed by atoms with Gasteiger partial charge in [0.2, 0.25) is 5.91 Å². The van der Waals surface area contributed by atoms with E-state index in [-0.39, 0.29) is 24.5 Å². The molecule has 6 nitrogen and oxygen atoms in total. The molecule has 27 heavy (non-hydrogen) atoms. The van der Waals surface area contributed by atoms with Gasteiger partial charge in [0.25, 0.3) is 0 Å². The predicted molar refractivity (Wildman–Crippen MR) is 105 cm³/mol. The molecule has 2 N–H and O–H groups in total. The van der Waals surface area contributed by atoms with Gasteiger partial charge >= 0.3 is 0 Å². The van der Waals surface area contributed by atoms with Gasteiger partial charge < -0.3 is 10.1 Å². The van der Waals surface area contributed by atoms with Crippen LogP contribution in [0.25, 0.3) is 0 Å². The molecule has 148 valence electrons. The van der Waals surface area contributed by atoms with Crippen LogP contribution in [0.15, 0.2) is 30.3 Å². The molecule has 3 fully saturated rings. The van der Waals surface area contributed by atoms with Crippen molar-refractivity contribution in [3.8, 4) is 0 Å². The van der Waals surface area contributed by atoms with Crippen molar-refractivity contribution in [3.05, 3.63) is 35.9 Å². The fraction of sp³-hybridized carbons (Fsp3) is 0.667. The number of nitrogens with zero attached hydrogens (tertiary/aromatic N) is 2. The minimum absolute atomic E-state index is 0.0865. The first kappa shape index (κ1) is 18.9. The Kier molecular flexibility index (Phi) is 5.78. The van der Waals surface area contributed by atoms with E-state index in [1.807, 2.05) is 0 Å². The maximum Gasteiger partial charge on any atom is 0.225 e. The van der Waals surface area contributed by atoms with Crippen molar-refractivity contribution in [3.63, 3.8) is 0 Å². The quantitative estimate of drug-likeness (QED) is 0.836. The zero-order valence-corrected chi connectivity index (χ0v) is 16.4. The number of nitrogens with one attached hydrogen (secondary N) is 2. The molecule has 3 aliphatic heterocycles. The SMILES string of the molecule is C[C@@H]1CN(C2CC(=O)NC(N3CC[C@@H](C)[C@@H]3Cc3ccccc3)N2)CCO1. The highest BCUT2D eigenvalue weighted by Crippen LogP contribution is 2.29. The van der Waals surface area contributed by atoms with Crippen molar-refractivity contribution in [1.82, 2.24) is 20.4 Å². The molecule has 5 atom stereocenters. The van der Waals surface area contributed by atoms with Crippen molar-refractivity contribution >= 4 is 5.91 Å². The Morgan fingerprint density at radius 3 is 2.78 bits per heavy atom. The molecule has 0 bridgehead atoms. The summed E-state index contributed by atoms with van der Waals surface area (Å²) in [5, 5.41) is 6.91. The van der Waals surface area contributed by atoms with E-state index >= 15 is 0 Å². The van der Waals surface area contributed by atoms with Crippen LogP contribution < -0.4 is 10.6 Å². The Morgan fingerprint density at radius 2 is 2.00 bits per heavy atom. The van der Waals surface area contributed by atoms with Gasteiger partial charge in [-0.25, -0.2) is 0 Å². The number of likely N-dealkylation sites (tertiary alicyclic amines) is 1. The maximum atomic E-state index is 12.5. The van der Waals surface area contributed by atoms with Gasteiger partial charge in [0.1, 0.15) is 6.29 Å². The molecule has 0 saturated carbocycles. The van der Waals surface area contributed by atoms with Crippen molar-refractivity contribution in [2.24, 2.45) is 5.92 Å². The van der Waals surface area contributed by atoms with Crippen LogP contribution >= 0.6 is 0 Å². The predicted octanol–water partition coefficient (Wildman–Crippen LogP) is 1.38. The van der Waals surface area contributed by atoms with Gasteiger partial charge in [0, 0.05) is 25.7 Å². The fourth-order valence-corrected chi connectivity index (χ4v) is 4.74. The molecule has 3 aliphatic rings. The zero-order chi connectivity index (χ0) is 18.8. The largest absolute Gasteiger partial charge is 0.376 e. The van der Waals surface area contributed by atoms with E-state index in [0.717, 1.165) is 32.7 Å². The molecule has 0 spiro atoms. The number of hydrogen-bond acceptors (Lipinski definition) is 5. The Balaban J connectivity index is 1.46. The van der Waals surface area contributed by atoms with Crippen molar-refractivity contribution < 1.29 is 9.53 Å². The van der Waals surface area contributed by atoms with Gasteiger partial charge in [-0.2, -0.15) is 0 Å². The van der Waals surface area contributed by atoms with E-state index in [2.05, 4.69) is 64.6 Å². The first-order chi connectivity index (χ1) is 13.1. The molecule has 1 aromatic rings. The second-order valence-electron chi connectivity index (χ2n) is 8.29. The summed E-state index contributed by atoms with van der Waals surface area (Å²) in [4.78, 5) is 17.3. The molecular weight excluding hydrogens is 340 g/mol. The van der Waals surface area contributed by atoms with Crippen LogP contribution in [0.1, 0.15) is 32.3 Å². The Morgan fingerprint density at radius 1 is 1.19 bits per heavy atom. The number of rotatable bonds is 4. The number of carbonyl (C=O) groups is 1. The molecule has 0 aromatic heterocycles. The lowest BCUT2D eigenvalue weighted by molar-refractivity contribution is -0.132.